The number of nitrogens with one attached hydrogen (secondary N) is 1. The van der Waals surface area contributed by atoms with Crippen LogP contribution in [0.15, 0.2) is 24.3 Å². The van der Waals surface area contributed by atoms with Gasteiger partial charge >= 0.3 is 0 Å². The second-order valence-corrected chi connectivity index (χ2v) is 4.38. The van der Waals surface area contributed by atoms with Crippen molar-refractivity contribution in [2.75, 3.05) is 5.32 Å². The molecule has 1 aromatic carbocycles. The molecular weight excluding hydrogens is 241 g/mol. The van der Waals surface area contributed by atoms with Crippen molar-refractivity contribution >= 4 is 22.4 Å². The largest absolute Gasteiger partial charge is 0.296 e. The second-order valence-electron chi connectivity index (χ2n) is 3.32. The third-order valence-electron chi connectivity index (χ3n) is 2.08. The van der Waals surface area contributed by atoms with Crippen molar-refractivity contribution in [1.29, 1.82) is 0 Å². The van der Waals surface area contributed by atoms with Crippen LogP contribution in [0.4, 0.5) is 9.52 Å². The highest BCUT2D eigenvalue weighted by Gasteiger charge is 2.09. The number of hydrogen-bond acceptors (Lipinski definition) is 4. The Kier molecular flexibility index (Phi) is 3.43. The number of rotatable bonds is 3. The molecule has 1 amide bonds. The van der Waals surface area contributed by atoms with Crippen molar-refractivity contribution in [3.63, 3.8) is 0 Å². The van der Waals surface area contributed by atoms with Gasteiger partial charge in [-0.3, -0.25) is 10.1 Å². The Morgan fingerprint density at radius 2 is 2.29 bits per heavy atom. The van der Waals surface area contributed by atoms with Crippen LogP contribution in [0.2, 0.25) is 0 Å². The Bertz CT molecular complexity index is 541. The maximum atomic E-state index is 12.9. The molecule has 0 atom stereocenters. The zero-order chi connectivity index (χ0) is 12.3. The van der Waals surface area contributed by atoms with Gasteiger partial charge in [0, 0.05) is 5.56 Å². The van der Waals surface area contributed by atoms with E-state index in [0.717, 1.165) is 11.4 Å². The SMILES string of the molecule is CCc1nnc(NC(=O)c2cccc(F)c2)s1. The van der Waals surface area contributed by atoms with Crippen molar-refractivity contribution in [3.05, 3.63) is 40.7 Å². The van der Waals surface area contributed by atoms with Gasteiger partial charge in [-0.2, -0.15) is 0 Å². The van der Waals surface area contributed by atoms with Gasteiger partial charge in [0.2, 0.25) is 5.13 Å². The normalized spacial score (nSPS) is 10.2. The van der Waals surface area contributed by atoms with E-state index in [9.17, 15) is 9.18 Å². The molecule has 17 heavy (non-hydrogen) atoms. The molecule has 1 N–H and O–H groups in total. The summed E-state index contributed by atoms with van der Waals surface area (Å²) in [6.45, 7) is 1.96. The van der Waals surface area contributed by atoms with Crippen molar-refractivity contribution in [2.24, 2.45) is 0 Å². The molecule has 6 heteroatoms. The zero-order valence-corrected chi connectivity index (χ0v) is 9.92. The molecule has 0 aliphatic heterocycles. The third-order valence-corrected chi connectivity index (χ3v) is 3.06. The monoisotopic (exact) mass is 251 g/mol. The molecule has 1 heterocycles. The molecule has 88 valence electrons. The lowest BCUT2D eigenvalue weighted by Crippen LogP contribution is -2.11. The van der Waals surface area contributed by atoms with Crippen molar-refractivity contribution in [3.8, 4) is 0 Å². The van der Waals surface area contributed by atoms with Crippen LogP contribution in [-0.2, 0) is 6.42 Å². The van der Waals surface area contributed by atoms with Gasteiger partial charge in [0.1, 0.15) is 10.8 Å². The molecule has 0 fully saturated rings. The average Bonchev–Trinajstić information content (AvgIpc) is 2.77. The maximum Gasteiger partial charge on any atom is 0.257 e. The molecule has 0 radical (unpaired) electrons. The summed E-state index contributed by atoms with van der Waals surface area (Å²) < 4.78 is 12.9. The van der Waals surface area contributed by atoms with Crippen LogP contribution in [0.25, 0.3) is 0 Å². The van der Waals surface area contributed by atoms with Crippen LogP contribution in [-0.4, -0.2) is 16.1 Å². The van der Waals surface area contributed by atoms with Crippen molar-refractivity contribution in [2.45, 2.75) is 13.3 Å². The lowest BCUT2D eigenvalue weighted by Gasteiger charge is -2.00. The van der Waals surface area contributed by atoms with E-state index in [1.165, 1.54) is 29.5 Å². The number of benzene rings is 1. The number of carbonyl (C=O) groups excluding carboxylic acids is 1. The molecule has 0 unspecified atom stereocenters. The Hall–Kier alpha value is -1.82. The van der Waals surface area contributed by atoms with Gasteiger partial charge in [-0.25, -0.2) is 4.39 Å². The van der Waals surface area contributed by atoms with Crippen LogP contribution < -0.4 is 5.32 Å². The Morgan fingerprint density at radius 3 is 2.94 bits per heavy atom. The van der Waals surface area contributed by atoms with E-state index in [1.807, 2.05) is 6.92 Å². The molecule has 0 aliphatic carbocycles. The summed E-state index contributed by atoms with van der Waals surface area (Å²) in [7, 11) is 0. The molecule has 0 spiro atoms. The highest BCUT2D eigenvalue weighted by Crippen LogP contribution is 2.16. The first-order valence-electron chi connectivity index (χ1n) is 5.08. The Morgan fingerprint density at radius 1 is 1.47 bits per heavy atom. The zero-order valence-electron chi connectivity index (χ0n) is 9.11. The summed E-state index contributed by atoms with van der Waals surface area (Å²) in [4.78, 5) is 11.7. The standard InChI is InChI=1S/C11H10FN3OS/c1-2-9-14-15-11(17-9)13-10(16)7-4-3-5-8(12)6-7/h3-6H,2H2,1H3,(H,13,15,16). The number of aromatic nitrogens is 2. The van der Waals surface area contributed by atoms with Gasteiger partial charge in [0.15, 0.2) is 0 Å². The topological polar surface area (TPSA) is 54.9 Å². The van der Waals surface area contributed by atoms with E-state index in [1.54, 1.807) is 6.07 Å². The number of halogens is 1. The van der Waals surface area contributed by atoms with E-state index >= 15 is 0 Å². The van der Waals surface area contributed by atoms with E-state index in [4.69, 9.17) is 0 Å². The highest BCUT2D eigenvalue weighted by molar-refractivity contribution is 7.15. The van der Waals surface area contributed by atoms with Gasteiger partial charge in [0.25, 0.3) is 5.91 Å². The molecule has 0 saturated carbocycles. The first-order chi connectivity index (χ1) is 8.19. The summed E-state index contributed by atoms with van der Waals surface area (Å²) in [6.07, 6.45) is 0.771. The maximum absolute atomic E-state index is 12.9. The third kappa shape index (κ3) is 2.85. The fraction of sp³-hybridized carbons (Fsp3) is 0.182. The highest BCUT2D eigenvalue weighted by atomic mass is 32.1. The summed E-state index contributed by atoms with van der Waals surface area (Å²) >= 11 is 1.31. The molecule has 2 aromatic rings. The van der Waals surface area contributed by atoms with Crippen LogP contribution >= 0.6 is 11.3 Å². The first kappa shape index (κ1) is 11.7. The number of amides is 1. The van der Waals surface area contributed by atoms with Gasteiger partial charge in [-0.1, -0.05) is 24.3 Å². The first-order valence-corrected chi connectivity index (χ1v) is 5.90. The number of hydrogen-bond donors (Lipinski definition) is 1. The molecule has 0 aliphatic rings. The molecule has 1 aromatic heterocycles. The lowest BCUT2D eigenvalue weighted by molar-refractivity contribution is 0.102. The van der Waals surface area contributed by atoms with E-state index in [2.05, 4.69) is 15.5 Å². The number of anilines is 1. The summed E-state index contributed by atoms with van der Waals surface area (Å²) in [5.41, 5.74) is 0.262. The summed E-state index contributed by atoms with van der Waals surface area (Å²) in [5, 5.41) is 11.5. The Labute approximate surface area is 102 Å². The van der Waals surface area contributed by atoms with Crippen LogP contribution in [0.1, 0.15) is 22.3 Å². The number of carbonyl (C=O) groups is 1. The van der Waals surface area contributed by atoms with Gasteiger partial charge in [-0.15, -0.1) is 10.2 Å². The van der Waals surface area contributed by atoms with Gasteiger partial charge in [0.05, 0.1) is 0 Å². The number of nitrogens with zero attached hydrogens (tertiary/aromatic N) is 2. The second kappa shape index (κ2) is 5.01. The molecule has 4 nitrogen and oxygen atoms in total. The van der Waals surface area contributed by atoms with Crippen molar-refractivity contribution < 1.29 is 9.18 Å². The molecule has 0 bridgehead atoms. The van der Waals surface area contributed by atoms with Crippen LogP contribution in [0, 0.1) is 5.82 Å². The van der Waals surface area contributed by atoms with E-state index in [-0.39, 0.29) is 11.5 Å². The number of aryl methyl sites for hydroxylation is 1. The molecular formula is C11H10FN3OS. The fourth-order valence-electron chi connectivity index (χ4n) is 1.25. The minimum absolute atomic E-state index is 0.262. The van der Waals surface area contributed by atoms with Crippen LogP contribution in [0.5, 0.6) is 0 Å². The van der Waals surface area contributed by atoms with Gasteiger partial charge in [-0.05, 0) is 24.6 Å². The average molecular weight is 251 g/mol. The Balaban J connectivity index is 2.11. The fourth-order valence-corrected chi connectivity index (χ4v) is 1.92. The van der Waals surface area contributed by atoms with Gasteiger partial charge < -0.3 is 0 Å². The predicted molar refractivity (Wildman–Crippen MR) is 63.6 cm³/mol. The quantitative estimate of drug-likeness (QED) is 0.911. The minimum atomic E-state index is -0.441. The van der Waals surface area contributed by atoms with Crippen molar-refractivity contribution in [1.82, 2.24) is 10.2 Å². The smallest absolute Gasteiger partial charge is 0.257 e. The minimum Gasteiger partial charge on any atom is -0.296 e. The van der Waals surface area contributed by atoms with E-state index in [0.29, 0.717) is 5.13 Å². The lowest BCUT2D eigenvalue weighted by atomic mass is 10.2. The predicted octanol–water partition coefficient (Wildman–Crippen LogP) is 2.49. The van der Waals surface area contributed by atoms with Crippen LogP contribution in [0.3, 0.4) is 0 Å². The molecule has 0 saturated heterocycles. The summed E-state index contributed by atoms with van der Waals surface area (Å²) in [5.74, 6) is -0.826. The molecule has 2 rings (SSSR count). The summed E-state index contributed by atoms with van der Waals surface area (Å²) in [6, 6.07) is 5.50. The van der Waals surface area contributed by atoms with E-state index < -0.39 is 5.82 Å².